The highest BCUT2D eigenvalue weighted by Crippen LogP contribution is 2.33. The first-order chi connectivity index (χ1) is 7.33. The lowest BCUT2D eigenvalue weighted by Crippen LogP contribution is -2.31. The fourth-order valence-corrected chi connectivity index (χ4v) is 1.79. The van der Waals surface area contributed by atoms with Crippen LogP contribution < -0.4 is 10.2 Å². The van der Waals surface area contributed by atoms with Gasteiger partial charge in [-0.15, -0.1) is 0 Å². The summed E-state index contributed by atoms with van der Waals surface area (Å²) in [7, 11) is 1.43. The van der Waals surface area contributed by atoms with Crippen molar-refractivity contribution in [3.8, 4) is 5.75 Å². The second kappa shape index (κ2) is 4.31. The zero-order chi connectivity index (χ0) is 10.7. The minimum atomic E-state index is -0.171. The molecule has 0 saturated heterocycles. The van der Waals surface area contributed by atoms with Gasteiger partial charge in [0.05, 0.1) is 19.6 Å². The van der Waals surface area contributed by atoms with Crippen LogP contribution in [0, 0.1) is 0 Å². The van der Waals surface area contributed by atoms with Crippen LogP contribution in [-0.2, 0) is 9.63 Å². The van der Waals surface area contributed by atoms with Crippen molar-refractivity contribution < 1.29 is 14.4 Å². The number of hydrogen-bond donors (Lipinski definition) is 1. The fourth-order valence-electron chi connectivity index (χ4n) is 1.79. The van der Waals surface area contributed by atoms with Crippen molar-refractivity contribution in [2.45, 2.75) is 12.3 Å². The molecule has 0 bridgehead atoms. The van der Waals surface area contributed by atoms with E-state index in [4.69, 9.17) is 4.74 Å². The van der Waals surface area contributed by atoms with E-state index in [1.807, 2.05) is 24.3 Å². The Hall–Kier alpha value is -1.55. The second-order valence-electron chi connectivity index (χ2n) is 3.40. The van der Waals surface area contributed by atoms with Gasteiger partial charge in [0, 0.05) is 5.56 Å². The summed E-state index contributed by atoms with van der Waals surface area (Å²) in [5.74, 6) is 0.503. The summed E-state index contributed by atoms with van der Waals surface area (Å²) in [6, 6.07) is 7.59. The molecule has 4 nitrogen and oxygen atoms in total. The van der Waals surface area contributed by atoms with Crippen molar-refractivity contribution in [3.05, 3.63) is 29.8 Å². The van der Waals surface area contributed by atoms with Gasteiger partial charge >= 0.3 is 0 Å². The van der Waals surface area contributed by atoms with Gasteiger partial charge in [0.1, 0.15) is 5.75 Å². The monoisotopic (exact) mass is 207 g/mol. The average molecular weight is 207 g/mol. The van der Waals surface area contributed by atoms with E-state index in [2.05, 4.69) is 10.3 Å². The number of hydroxylamine groups is 1. The van der Waals surface area contributed by atoms with Crippen molar-refractivity contribution in [2.75, 3.05) is 13.7 Å². The Kier molecular flexibility index (Phi) is 2.87. The molecule has 1 aromatic carbocycles. The molecular weight excluding hydrogens is 194 g/mol. The second-order valence-corrected chi connectivity index (χ2v) is 3.40. The summed E-state index contributed by atoms with van der Waals surface area (Å²) in [5, 5.41) is 0. The summed E-state index contributed by atoms with van der Waals surface area (Å²) in [4.78, 5) is 16.3. The predicted octanol–water partition coefficient (Wildman–Crippen LogP) is 1.23. The highest BCUT2D eigenvalue weighted by Gasteiger charge is 2.27. The zero-order valence-corrected chi connectivity index (χ0v) is 8.53. The molecule has 1 heterocycles. The lowest BCUT2D eigenvalue weighted by Gasteiger charge is -2.24. The largest absolute Gasteiger partial charge is 0.493 e. The number of ether oxygens (including phenoxy) is 1. The summed E-state index contributed by atoms with van der Waals surface area (Å²) >= 11 is 0. The average Bonchev–Trinajstić information content (AvgIpc) is 2.28. The number of hydrogen-bond acceptors (Lipinski definition) is 3. The van der Waals surface area contributed by atoms with Crippen LogP contribution in [0.15, 0.2) is 24.3 Å². The standard InChI is InChI=1S/C11H13NO3/c1-14-12-11(13)9-6-7-15-10-5-3-2-4-8(9)10/h2-5,9H,6-7H2,1H3,(H,12,13). The van der Waals surface area contributed by atoms with Gasteiger partial charge in [-0.2, -0.15) is 0 Å². The van der Waals surface area contributed by atoms with Crippen molar-refractivity contribution in [1.82, 2.24) is 5.48 Å². The maximum absolute atomic E-state index is 11.7. The number of carbonyl (C=O) groups excluding carboxylic acids is 1. The van der Waals surface area contributed by atoms with E-state index in [1.54, 1.807) is 0 Å². The molecule has 80 valence electrons. The van der Waals surface area contributed by atoms with Crippen LogP contribution in [0.4, 0.5) is 0 Å². The van der Waals surface area contributed by atoms with Gasteiger partial charge in [0.2, 0.25) is 0 Å². The highest BCUT2D eigenvalue weighted by atomic mass is 16.6. The number of benzene rings is 1. The van der Waals surface area contributed by atoms with Gasteiger partial charge < -0.3 is 4.74 Å². The number of carbonyl (C=O) groups is 1. The van der Waals surface area contributed by atoms with Crippen LogP contribution in [0.25, 0.3) is 0 Å². The van der Waals surface area contributed by atoms with Crippen LogP contribution >= 0.6 is 0 Å². The summed E-state index contributed by atoms with van der Waals surface area (Å²) in [6.45, 7) is 0.568. The highest BCUT2D eigenvalue weighted by molar-refractivity contribution is 5.83. The van der Waals surface area contributed by atoms with Crippen molar-refractivity contribution in [2.24, 2.45) is 0 Å². The first-order valence-electron chi connectivity index (χ1n) is 4.87. The third kappa shape index (κ3) is 1.94. The van der Waals surface area contributed by atoms with E-state index >= 15 is 0 Å². The van der Waals surface area contributed by atoms with E-state index in [-0.39, 0.29) is 11.8 Å². The van der Waals surface area contributed by atoms with Crippen LogP contribution in [0.2, 0.25) is 0 Å². The van der Waals surface area contributed by atoms with Crippen LogP contribution in [0.3, 0.4) is 0 Å². The van der Waals surface area contributed by atoms with E-state index in [0.717, 1.165) is 11.3 Å². The van der Waals surface area contributed by atoms with Crippen molar-refractivity contribution in [1.29, 1.82) is 0 Å². The molecule has 15 heavy (non-hydrogen) atoms. The fraction of sp³-hybridized carbons (Fsp3) is 0.364. The SMILES string of the molecule is CONC(=O)C1CCOc2ccccc21. The molecule has 1 unspecified atom stereocenters. The lowest BCUT2D eigenvalue weighted by atomic mass is 9.93. The zero-order valence-electron chi connectivity index (χ0n) is 8.53. The van der Waals surface area contributed by atoms with Crippen LogP contribution in [-0.4, -0.2) is 19.6 Å². The molecular formula is C11H13NO3. The molecule has 2 rings (SSSR count). The minimum absolute atomic E-state index is 0.117. The molecule has 1 N–H and O–H groups in total. The van der Waals surface area contributed by atoms with Crippen LogP contribution in [0.5, 0.6) is 5.75 Å². The summed E-state index contributed by atoms with van der Waals surface area (Å²) in [5.41, 5.74) is 3.29. The maximum Gasteiger partial charge on any atom is 0.251 e. The molecule has 0 spiro atoms. The van der Waals surface area contributed by atoms with Crippen LogP contribution in [0.1, 0.15) is 17.9 Å². The Balaban J connectivity index is 2.25. The Morgan fingerprint density at radius 2 is 2.33 bits per heavy atom. The molecule has 0 aliphatic carbocycles. The third-order valence-corrected chi connectivity index (χ3v) is 2.48. The predicted molar refractivity (Wildman–Crippen MR) is 54.4 cm³/mol. The molecule has 1 aliphatic heterocycles. The van der Waals surface area contributed by atoms with Gasteiger partial charge in [0.15, 0.2) is 0 Å². The van der Waals surface area contributed by atoms with Gasteiger partial charge in [-0.25, -0.2) is 5.48 Å². The summed E-state index contributed by atoms with van der Waals surface area (Å²) < 4.78 is 5.46. The first-order valence-corrected chi connectivity index (χ1v) is 4.87. The molecule has 0 aromatic heterocycles. The van der Waals surface area contributed by atoms with E-state index in [1.165, 1.54) is 7.11 Å². The first kappa shape index (κ1) is 9.98. The number of nitrogens with one attached hydrogen (secondary N) is 1. The van der Waals surface area contributed by atoms with Gasteiger partial charge in [-0.05, 0) is 12.5 Å². The van der Waals surface area contributed by atoms with Gasteiger partial charge in [0.25, 0.3) is 5.91 Å². The Labute approximate surface area is 88.1 Å². The molecule has 1 aromatic rings. The number of para-hydroxylation sites is 1. The Morgan fingerprint density at radius 1 is 1.53 bits per heavy atom. The molecule has 1 atom stereocenters. The van der Waals surface area contributed by atoms with Crippen molar-refractivity contribution >= 4 is 5.91 Å². The normalized spacial score (nSPS) is 18.9. The van der Waals surface area contributed by atoms with E-state index < -0.39 is 0 Å². The molecule has 1 aliphatic rings. The Morgan fingerprint density at radius 3 is 3.13 bits per heavy atom. The molecule has 1 amide bonds. The van der Waals surface area contributed by atoms with E-state index in [9.17, 15) is 4.79 Å². The number of amides is 1. The number of rotatable bonds is 2. The topological polar surface area (TPSA) is 47.6 Å². The molecule has 0 fully saturated rings. The molecule has 0 radical (unpaired) electrons. The smallest absolute Gasteiger partial charge is 0.251 e. The molecule has 4 heteroatoms. The summed E-state index contributed by atoms with van der Waals surface area (Å²) in [6.07, 6.45) is 0.687. The third-order valence-electron chi connectivity index (χ3n) is 2.48. The Bertz CT molecular complexity index is 365. The minimum Gasteiger partial charge on any atom is -0.493 e. The lowest BCUT2D eigenvalue weighted by molar-refractivity contribution is -0.133. The molecule has 0 saturated carbocycles. The number of fused-ring (bicyclic) bond motifs is 1. The van der Waals surface area contributed by atoms with Crippen molar-refractivity contribution in [3.63, 3.8) is 0 Å². The quantitative estimate of drug-likeness (QED) is 0.742. The van der Waals surface area contributed by atoms with Gasteiger partial charge in [-0.3, -0.25) is 9.63 Å². The maximum atomic E-state index is 11.7. The van der Waals surface area contributed by atoms with E-state index in [0.29, 0.717) is 13.0 Å². The van der Waals surface area contributed by atoms with Gasteiger partial charge in [-0.1, -0.05) is 18.2 Å².